The maximum atomic E-state index is 11.6. The van der Waals surface area contributed by atoms with Crippen LogP contribution in [-0.2, 0) is 22.4 Å². The number of aliphatic carboxylic acids is 1. The summed E-state index contributed by atoms with van der Waals surface area (Å²) in [6.45, 7) is 8.17. The van der Waals surface area contributed by atoms with Gasteiger partial charge in [0.05, 0.1) is 16.7 Å². The molecule has 0 aliphatic carbocycles. The number of hydrogen-bond donors (Lipinski definition) is 2. The molecule has 0 bridgehead atoms. The molecular formula is C21H28N2O3S. The standard InChI is InChI=1S/C21H28N2O3S/c1-13(2)5-17(11-24)22-19(21(25)26)10-18-12-27-20(23-18)9-16-7-14(3)6-15(4)8-16/h6-8,11-13,17,19,22H,5,9-10H2,1-4H3,(H,25,26)/t17-,19-/m0/s1. The van der Waals surface area contributed by atoms with E-state index in [0.717, 1.165) is 23.4 Å². The molecule has 2 N–H and O–H groups in total. The van der Waals surface area contributed by atoms with Gasteiger partial charge in [0.1, 0.15) is 12.3 Å². The maximum Gasteiger partial charge on any atom is 0.321 e. The SMILES string of the molecule is Cc1cc(C)cc(Cc2nc(C[C@H](N[C@H](C=O)CC(C)C)C(=O)O)cs2)c1. The van der Waals surface area contributed by atoms with Crippen molar-refractivity contribution >= 4 is 23.6 Å². The summed E-state index contributed by atoms with van der Waals surface area (Å²) < 4.78 is 0. The van der Waals surface area contributed by atoms with Gasteiger partial charge in [-0.1, -0.05) is 43.2 Å². The third kappa shape index (κ3) is 6.88. The van der Waals surface area contributed by atoms with Crippen LogP contribution < -0.4 is 5.32 Å². The molecule has 1 heterocycles. The van der Waals surface area contributed by atoms with Crippen LogP contribution in [0.1, 0.15) is 47.7 Å². The topological polar surface area (TPSA) is 79.3 Å². The van der Waals surface area contributed by atoms with Crippen LogP contribution in [0.3, 0.4) is 0 Å². The van der Waals surface area contributed by atoms with Crippen LogP contribution in [0.2, 0.25) is 0 Å². The number of aromatic nitrogens is 1. The average Bonchev–Trinajstić information content (AvgIpc) is 2.98. The zero-order chi connectivity index (χ0) is 20.0. The molecule has 146 valence electrons. The first-order chi connectivity index (χ1) is 12.8. The summed E-state index contributed by atoms with van der Waals surface area (Å²) in [5.41, 5.74) is 4.40. The van der Waals surface area contributed by atoms with E-state index in [2.05, 4.69) is 42.3 Å². The van der Waals surface area contributed by atoms with Gasteiger partial charge < -0.3 is 9.90 Å². The highest BCUT2D eigenvalue weighted by atomic mass is 32.1. The number of hydrogen-bond acceptors (Lipinski definition) is 5. The minimum atomic E-state index is -0.963. The monoisotopic (exact) mass is 388 g/mol. The van der Waals surface area contributed by atoms with Gasteiger partial charge >= 0.3 is 5.97 Å². The number of carboxylic acid groups (broad SMARTS) is 1. The zero-order valence-corrected chi connectivity index (χ0v) is 17.2. The number of benzene rings is 1. The summed E-state index contributed by atoms with van der Waals surface area (Å²) >= 11 is 1.54. The van der Waals surface area contributed by atoms with Crippen LogP contribution in [0.5, 0.6) is 0 Å². The van der Waals surface area contributed by atoms with E-state index in [9.17, 15) is 14.7 Å². The van der Waals surface area contributed by atoms with Gasteiger partial charge in [0.15, 0.2) is 0 Å². The van der Waals surface area contributed by atoms with E-state index in [1.54, 1.807) is 11.3 Å². The van der Waals surface area contributed by atoms with Crippen molar-refractivity contribution in [1.82, 2.24) is 10.3 Å². The van der Waals surface area contributed by atoms with E-state index in [0.29, 0.717) is 12.3 Å². The number of carboxylic acids is 1. The predicted molar refractivity (Wildman–Crippen MR) is 108 cm³/mol. The number of rotatable bonds is 10. The molecule has 0 amide bonds. The molecule has 2 aromatic rings. The highest BCUT2D eigenvalue weighted by molar-refractivity contribution is 7.09. The second kappa shape index (κ2) is 9.76. The Morgan fingerprint density at radius 2 is 1.93 bits per heavy atom. The molecule has 0 aliphatic heterocycles. The van der Waals surface area contributed by atoms with Crippen LogP contribution in [0, 0.1) is 19.8 Å². The van der Waals surface area contributed by atoms with Crippen LogP contribution in [0.25, 0.3) is 0 Å². The number of carbonyl (C=O) groups excluding carboxylic acids is 1. The summed E-state index contributed by atoms with van der Waals surface area (Å²) in [6.07, 6.45) is 2.41. The second-order valence-electron chi connectivity index (χ2n) is 7.54. The van der Waals surface area contributed by atoms with E-state index < -0.39 is 18.1 Å². The van der Waals surface area contributed by atoms with Crippen molar-refractivity contribution in [2.24, 2.45) is 5.92 Å². The summed E-state index contributed by atoms with van der Waals surface area (Å²) in [6, 6.07) is 5.15. The molecule has 0 fully saturated rings. The molecule has 0 unspecified atom stereocenters. The summed E-state index contributed by atoms with van der Waals surface area (Å²) in [5, 5.41) is 15.3. The van der Waals surface area contributed by atoms with Crippen molar-refractivity contribution < 1.29 is 14.7 Å². The summed E-state index contributed by atoms with van der Waals surface area (Å²) in [7, 11) is 0. The van der Waals surface area contributed by atoms with Gasteiger partial charge in [-0.2, -0.15) is 0 Å². The predicted octanol–water partition coefficient (Wildman–Crippen LogP) is 3.55. The molecule has 6 heteroatoms. The van der Waals surface area contributed by atoms with Crippen LogP contribution >= 0.6 is 11.3 Å². The van der Waals surface area contributed by atoms with E-state index in [-0.39, 0.29) is 6.42 Å². The highest BCUT2D eigenvalue weighted by Gasteiger charge is 2.23. The first-order valence-corrected chi connectivity index (χ1v) is 10.1. The Kier molecular flexibility index (Phi) is 7.68. The van der Waals surface area contributed by atoms with Crippen molar-refractivity contribution in [3.63, 3.8) is 0 Å². The fourth-order valence-electron chi connectivity index (χ4n) is 3.23. The van der Waals surface area contributed by atoms with E-state index >= 15 is 0 Å². The second-order valence-corrected chi connectivity index (χ2v) is 8.48. The van der Waals surface area contributed by atoms with Gasteiger partial charge in [0, 0.05) is 18.2 Å². The number of nitrogens with one attached hydrogen (secondary N) is 1. The van der Waals surface area contributed by atoms with E-state index in [1.165, 1.54) is 16.7 Å². The number of nitrogens with zero attached hydrogens (tertiary/aromatic N) is 1. The lowest BCUT2D eigenvalue weighted by molar-refractivity contribution is -0.139. The highest BCUT2D eigenvalue weighted by Crippen LogP contribution is 2.18. The Labute approximate surface area is 164 Å². The quantitative estimate of drug-likeness (QED) is 0.609. The summed E-state index contributed by atoms with van der Waals surface area (Å²) in [4.78, 5) is 27.5. The van der Waals surface area contributed by atoms with Gasteiger partial charge in [-0.3, -0.25) is 10.1 Å². The van der Waals surface area contributed by atoms with Gasteiger partial charge in [0.25, 0.3) is 0 Å². The Balaban J connectivity index is 2.04. The van der Waals surface area contributed by atoms with E-state index in [4.69, 9.17) is 0 Å². The molecular weight excluding hydrogens is 360 g/mol. The molecule has 5 nitrogen and oxygen atoms in total. The Morgan fingerprint density at radius 1 is 1.26 bits per heavy atom. The van der Waals surface area contributed by atoms with Gasteiger partial charge in [-0.05, 0) is 31.7 Å². The fourth-order valence-corrected chi connectivity index (χ4v) is 4.07. The molecule has 2 atom stereocenters. The number of aryl methyl sites for hydroxylation is 2. The van der Waals surface area contributed by atoms with Gasteiger partial charge in [-0.25, -0.2) is 4.98 Å². The van der Waals surface area contributed by atoms with Crippen LogP contribution in [-0.4, -0.2) is 34.4 Å². The molecule has 2 rings (SSSR count). The molecule has 0 aliphatic rings. The van der Waals surface area contributed by atoms with Crippen molar-refractivity contribution in [1.29, 1.82) is 0 Å². The molecule has 0 saturated carbocycles. The molecule has 1 aromatic heterocycles. The van der Waals surface area contributed by atoms with Crippen LogP contribution in [0.4, 0.5) is 0 Å². The van der Waals surface area contributed by atoms with Crippen molar-refractivity contribution in [2.75, 3.05) is 0 Å². The summed E-state index contributed by atoms with van der Waals surface area (Å²) in [5.74, 6) is -0.653. The molecule has 0 radical (unpaired) electrons. The van der Waals surface area contributed by atoms with Crippen molar-refractivity contribution in [3.05, 3.63) is 51.0 Å². The number of thiazole rings is 1. The Hall–Kier alpha value is -2.05. The molecule has 0 spiro atoms. The molecule has 0 saturated heterocycles. The Bertz CT molecular complexity index is 765. The fraction of sp³-hybridized carbons (Fsp3) is 0.476. The van der Waals surface area contributed by atoms with E-state index in [1.807, 2.05) is 19.2 Å². The lowest BCUT2D eigenvalue weighted by Crippen LogP contribution is -2.46. The largest absolute Gasteiger partial charge is 0.480 e. The van der Waals surface area contributed by atoms with Gasteiger partial charge in [0.2, 0.25) is 0 Å². The lowest BCUT2D eigenvalue weighted by atomic mass is 10.0. The smallest absolute Gasteiger partial charge is 0.321 e. The Morgan fingerprint density at radius 3 is 2.48 bits per heavy atom. The van der Waals surface area contributed by atoms with Crippen LogP contribution in [0.15, 0.2) is 23.6 Å². The maximum absolute atomic E-state index is 11.6. The lowest BCUT2D eigenvalue weighted by Gasteiger charge is -2.20. The number of carbonyl (C=O) groups is 2. The zero-order valence-electron chi connectivity index (χ0n) is 16.4. The minimum absolute atomic E-state index is 0.265. The average molecular weight is 389 g/mol. The number of aldehydes is 1. The third-order valence-corrected chi connectivity index (χ3v) is 5.15. The van der Waals surface area contributed by atoms with Crippen molar-refractivity contribution in [2.45, 2.75) is 59.0 Å². The van der Waals surface area contributed by atoms with Gasteiger partial charge in [-0.15, -0.1) is 11.3 Å². The third-order valence-electron chi connectivity index (χ3n) is 4.25. The normalized spacial score (nSPS) is 13.5. The van der Waals surface area contributed by atoms with Crippen molar-refractivity contribution in [3.8, 4) is 0 Å². The molecule has 1 aromatic carbocycles. The minimum Gasteiger partial charge on any atom is -0.480 e. The first-order valence-electron chi connectivity index (χ1n) is 9.21. The first kappa shape index (κ1) is 21.3. The molecule has 27 heavy (non-hydrogen) atoms.